The molecule has 50 heavy (non-hydrogen) atoms. The standard InChI is InChI=1S/C36H49N5O9/c1-9-21(4)32-28(42)18-29(43)38-31(20(2)3)34(46)37-19-30(44)41-16-10-11-26(41)35(47)40(7)27(17-24-12-14-25(49-8)15-13-24)36(48)50-23(6)22(5)33(45)39-32/h12-15,20,26-28,31,42H,5-6,9-11,16-19H2,1-4,7-8H3,(H,37,46)(H,38,43)(H,39,45)/b32-21+/t26-,27-,28-,31-/m0/s1. The molecule has 272 valence electrons. The number of hydrogen-bond donors (Lipinski definition) is 4. The van der Waals surface area contributed by atoms with E-state index in [2.05, 4.69) is 29.1 Å². The average Bonchev–Trinajstić information content (AvgIpc) is 3.59. The summed E-state index contributed by atoms with van der Waals surface area (Å²) >= 11 is 0. The number of amides is 5. The largest absolute Gasteiger partial charge is 0.497 e. The summed E-state index contributed by atoms with van der Waals surface area (Å²) in [7, 11) is 2.95. The Bertz CT molecular complexity index is 1530. The smallest absolute Gasteiger partial charge is 0.334 e. The summed E-state index contributed by atoms with van der Waals surface area (Å²) in [5.41, 5.74) is 0.940. The molecule has 4 N–H and O–H groups in total. The van der Waals surface area contributed by atoms with Crippen LogP contribution in [0.25, 0.3) is 0 Å². The summed E-state index contributed by atoms with van der Waals surface area (Å²) in [5, 5.41) is 18.8. The van der Waals surface area contributed by atoms with E-state index in [9.17, 15) is 33.9 Å². The molecule has 0 aliphatic carbocycles. The summed E-state index contributed by atoms with van der Waals surface area (Å²) in [6.45, 7) is 14.2. The molecular weight excluding hydrogens is 646 g/mol. The zero-order valence-electron chi connectivity index (χ0n) is 29.7. The van der Waals surface area contributed by atoms with Gasteiger partial charge in [0.15, 0.2) is 0 Å². The average molecular weight is 696 g/mol. The summed E-state index contributed by atoms with van der Waals surface area (Å²) in [5.74, 6) is -4.24. The van der Waals surface area contributed by atoms with E-state index in [4.69, 9.17) is 9.47 Å². The number of benzene rings is 1. The number of rotatable bonds is 5. The molecule has 5 amide bonds. The van der Waals surface area contributed by atoms with Gasteiger partial charge in [-0.25, -0.2) is 4.79 Å². The van der Waals surface area contributed by atoms with Crippen molar-refractivity contribution in [3.05, 3.63) is 65.6 Å². The highest BCUT2D eigenvalue weighted by molar-refractivity contribution is 5.99. The first-order chi connectivity index (χ1) is 23.6. The minimum atomic E-state index is -1.48. The van der Waals surface area contributed by atoms with E-state index in [0.29, 0.717) is 36.1 Å². The third kappa shape index (κ3) is 9.80. The zero-order valence-corrected chi connectivity index (χ0v) is 29.7. The number of methoxy groups -OCH3 is 1. The number of carbonyl (C=O) groups excluding carboxylic acids is 6. The monoisotopic (exact) mass is 695 g/mol. The fourth-order valence-electron chi connectivity index (χ4n) is 5.73. The van der Waals surface area contributed by atoms with Gasteiger partial charge in [-0.2, -0.15) is 0 Å². The van der Waals surface area contributed by atoms with Crippen molar-refractivity contribution in [2.45, 2.75) is 84.0 Å². The van der Waals surface area contributed by atoms with E-state index in [1.54, 1.807) is 52.0 Å². The molecule has 0 unspecified atom stereocenters. The molecule has 4 atom stereocenters. The fourth-order valence-corrected chi connectivity index (χ4v) is 5.73. The molecule has 2 fully saturated rings. The number of hydrogen-bond acceptors (Lipinski definition) is 9. The van der Waals surface area contributed by atoms with Crippen LogP contribution in [0.15, 0.2) is 60.0 Å². The number of nitrogens with zero attached hydrogens (tertiary/aromatic N) is 2. The zero-order chi connectivity index (χ0) is 37.3. The van der Waals surface area contributed by atoms with Crippen LogP contribution in [0.4, 0.5) is 0 Å². The molecule has 2 saturated heterocycles. The Balaban J connectivity index is 2.03. The maximum absolute atomic E-state index is 14.0. The van der Waals surface area contributed by atoms with Crippen LogP contribution in [0, 0.1) is 5.92 Å². The summed E-state index contributed by atoms with van der Waals surface area (Å²) in [4.78, 5) is 83.2. The van der Waals surface area contributed by atoms with Gasteiger partial charge in [-0.1, -0.05) is 51.6 Å². The normalized spacial score (nSPS) is 25.0. The van der Waals surface area contributed by atoms with E-state index in [1.165, 1.54) is 24.0 Å². The van der Waals surface area contributed by atoms with Crippen LogP contribution in [0.5, 0.6) is 5.75 Å². The lowest BCUT2D eigenvalue weighted by Gasteiger charge is -2.32. The van der Waals surface area contributed by atoms with Crippen LogP contribution >= 0.6 is 0 Å². The van der Waals surface area contributed by atoms with E-state index >= 15 is 0 Å². The van der Waals surface area contributed by atoms with Gasteiger partial charge < -0.3 is 40.3 Å². The molecule has 0 spiro atoms. The van der Waals surface area contributed by atoms with Crippen LogP contribution in [0.2, 0.25) is 0 Å². The lowest BCUT2D eigenvalue weighted by molar-refractivity contribution is -0.153. The number of carbonyl (C=O) groups is 6. The van der Waals surface area contributed by atoms with E-state index < -0.39 is 72.7 Å². The number of ether oxygens (including phenoxy) is 2. The second-order valence-corrected chi connectivity index (χ2v) is 12.8. The second-order valence-electron chi connectivity index (χ2n) is 12.8. The number of fused-ring (bicyclic) bond motifs is 1. The number of cyclic esters (lactones) is 1. The molecule has 0 saturated carbocycles. The summed E-state index contributed by atoms with van der Waals surface area (Å²) < 4.78 is 10.8. The molecule has 2 heterocycles. The van der Waals surface area contributed by atoms with Gasteiger partial charge in [0, 0.05) is 25.7 Å². The highest BCUT2D eigenvalue weighted by atomic mass is 16.5. The Hall–Kier alpha value is -4.98. The molecule has 2 aliphatic rings. The first-order valence-electron chi connectivity index (χ1n) is 16.6. The van der Waals surface area contributed by atoms with Crippen LogP contribution in [-0.4, -0.2) is 102 Å². The quantitative estimate of drug-likeness (QED) is 0.262. The van der Waals surface area contributed by atoms with E-state index in [-0.39, 0.29) is 35.9 Å². The van der Waals surface area contributed by atoms with Crippen LogP contribution < -0.4 is 20.7 Å². The molecule has 3 rings (SSSR count). The van der Waals surface area contributed by atoms with Crippen LogP contribution in [0.3, 0.4) is 0 Å². The van der Waals surface area contributed by atoms with Gasteiger partial charge in [0.2, 0.25) is 23.6 Å². The van der Waals surface area contributed by atoms with Gasteiger partial charge in [-0.15, -0.1) is 0 Å². The number of nitrogens with one attached hydrogen (secondary N) is 3. The Morgan fingerprint density at radius 2 is 1.76 bits per heavy atom. The van der Waals surface area contributed by atoms with Gasteiger partial charge in [0.05, 0.1) is 25.6 Å². The van der Waals surface area contributed by atoms with Crippen molar-refractivity contribution in [2.75, 3.05) is 27.2 Å². The number of aliphatic hydroxyl groups is 1. The van der Waals surface area contributed by atoms with Crippen molar-refractivity contribution < 1.29 is 43.3 Å². The first-order valence-corrected chi connectivity index (χ1v) is 16.6. The number of likely N-dealkylation sites (N-methyl/N-ethyl adjacent to an activating group) is 1. The molecular formula is C36H49N5O9. The second kappa shape index (κ2) is 17.6. The lowest BCUT2D eigenvalue weighted by atomic mass is 10.0. The Labute approximate surface area is 292 Å². The molecule has 1 aromatic rings. The van der Waals surface area contributed by atoms with Crippen molar-refractivity contribution in [1.29, 1.82) is 0 Å². The van der Waals surface area contributed by atoms with Gasteiger partial charge in [0.1, 0.15) is 35.7 Å². The lowest BCUT2D eigenvalue weighted by Crippen LogP contribution is -2.55. The Morgan fingerprint density at radius 3 is 2.36 bits per heavy atom. The minimum absolute atomic E-state index is 0.0140. The van der Waals surface area contributed by atoms with Crippen molar-refractivity contribution in [3.63, 3.8) is 0 Å². The van der Waals surface area contributed by atoms with Gasteiger partial charge in [-0.3, -0.25) is 24.0 Å². The highest BCUT2D eigenvalue weighted by Gasteiger charge is 2.40. The van der Waals surface area contributed by atoms with Crippen molar-refractivity contribution >= 4 is 35.5 Å². The SMILES string of the molecule is C=C1OC(=O)[C@H](Cc2ccc(OC)cc2)N(C)C(=O)[C@@H]2CCCN2C(=O)CNC(=O)[C@H](C(C)C)NC(=O)C[C@H](O)/C(=C(/C)CC)NC(=O)C1=C. The molecule has 0 aromatic heterocycles. The Morgan fingerprint density at radius 1 is 1.10 bits per heavy atom. The van der Waals surface area contributed by atoms with E-state index in [1.807, 2.05) is 0 Å². The van der Waals surface area contributed by atoms with Gasteiger partial charge in [-0.05, 0) is 49.8 Å². The summed E-state index contributed by atoms with van der Waals surface area (Å²) in [6, 6.07) is 3.71. The molecule has 2 aliphatic heterocycles. The van der Waals surface area contributed by atoms with Crippen LogP contribution in [-0.2, 0) is 39.9 Å². The first kappa shape index (κ1) is 39.5. The number of allylic oxidation sites excluding steroid dienone is 1. The maximum atomic E-state index is 14.0. The van der Waals surface area contributed by atoms with E-state index in [0.717, 1.165) is 0 Å². The van der Waals surface area contributed by atoms with Crippen molar-refractivity contribution in [3.8, 4) is 5.75 Å². The minimum Gasteiger partial charge on any atom is -0.497 e. The highest BCUT2D eigenvalue weighted by Crippen LogP contribution is 2.23. The van der Waals surface area contributed by atoms with Gasteiger partial charge >= 0.3 is 5.97 Å². The van der Waals surface area contributed by atoms with Crippen molar-refractivity contribution in [1.82, 2.24) is 25.8 Å². The third-order valence-corrected chi connectivity index (χ3v) is 9.00. The van der Waals surface area contributed by atoms with Gasteiger partial charge in [0.25, 0.3) is 5.91 Å². The molecule has 14 heteroatoms. The third-order valence-electron chi connectivity index (χ3n) is 9.00. The topological polar surface area (TPSA) is 184 Å². The molecule has 1 aromatic carbocycles. The predicted molar refractivity (Wildman–Crippen MR) is 184 cm³/mol. The predicted octanol–water partition coefficient (Wildman–Crippen LogP) is 1.49. The summed E-state index contributed by atoms with van der Waals surface area (Å²) in [6.07, 6.45) is -0.703. The maximum Gasteiger partial charge on any atom is 0.334 e. The number of esters is 1. The van der Waals surface area contributed by atoms with Crippen LogP contribution in [0.1, 0.15) is 58.9 Å². The molecule has 0 bridgehead atoms. The molecule has 14 nitrogen and oxygen atoms in total. The number of aliphatic hydroxyl groups excluding tert-OH is 1. The fraction of sp³-hybridized carbons (Fsp3) is 0.500. The Kier molecular flexibility index (Phi) is 13.9. The van der Waals surface area contributed by atoms with Crippen molar-refractivity contribution in [2.24, 2.45) is 5.92 Å². The molecule has 0 radical (unpaired) electrons.